The van der Waals surface area contributed by atoms with E-state index in [0.29, 0.717) is 32.0 Å². The van der Waals surface area contributed by atoms with Crippen LogP contribution >= 0.6 is 11.3 Å². The van der Waals surface area contributed by atoms with Crippen molar-refractivity contribution in [3.8, 4) is 0 Å². The second kappa shape index (κ2) is 6.98. The average Bonchev–Trinajstić information content (AvgIpc) is 3.11. The second-order valence-electron chi connectivity index (χ2n) is 7.40. The number of likely N-dealkylation sites (N-methyl/N-ethyl adjacent to an activating group) is 1. The molecule has 3 rings (SSSR count). The lowest BCUT2D eigenvalue weighted by atomic mass is 9.85. The number of aromatic nitrogens is 1. The summed E-state index contributed by atoms with van der Waals surface area (Å²) in [5, 5.41) is 12.9. The van der Waals surface area contributed by atoms with Crippen LogP contribution in [0.3, 0.4) is 0 Å². The molecule has 134 valence electrons. The molecule has 3 heterocycles. The van der Waals surface area contributed by atoms with Crippen LogP contribution in [0.25, 0.3) is 0 Å². The van der Waals surface area contributed by atoms with E-state index in [4.69, 9.17) is 0 Å². The molecule has 7 heteroatoms. The number of rotatable bonds is 5. The Morgan fingerprint density at radius 3 is 2.88 bits per heavy atom. The van der Waals surface area contributed by atoms with Gasteiger partial charge in [-0.2, -0.15) is 0 Å². The Bertz CT molecular complexity index is 565. The lowest BCUT2D eigenvalue weighted by Crippen LogP contribution is -2.65. The molecule has 2 amide bonds. The van der Waals surface area contributed by atoms with Crippen molar-refractivity contribution < 1.29 is 9.90 Å². The molecule has 2 atom stereocenters. The van der Waals surface area contributed by atoms with Crippen LogP contribution in [0.4, 0.5) is 4.79 Å². The molecular formula is C17H28N4O2S. The highest BCUT2D eigenvalue weighted by atomic mass is 32.1. The predicted octanol–water partition coefficient (Wildman–Crippen LogP) is 1.86. The lowest BCUT2D eigenvalue weighted by Gasteiger charge is -2.47. The first-order valence-corrected chi connectivity index (χ1v) is 9.74. The highest BCUT2D eigenvalue weighted by Crippen LogP contribution is 2.35. The van der Waals surface area contributed by atoms with Crippen molar-refractivity contribution in [3.05, 3.63) is 16.6 Å². The summed E-state index contributed by atoms with van der Waals surface area (Å²) in [6.45, 7) is 10.6. The van der Waals surface area contributed by atoms with Gasteiger partial charge in [0.05, 0.1) is 17.3 Å². The van der Waals surface area contributed by atoms with Crippen molar-refractivity contribution in [2.45, 2.75) is 45.4 Å². The van der Waals surface area contributed by atoms with E-state index in [1.807, 2.05) is 22.2 Å². The van der Waals surface area contributed by atoms with E-state index in [9.17, 15) is 9.90 Å². The van der Waals surface area contributed by atoms with Gasteiger partial charge in [0.25, 0.3) is 0 Å². The van der Waals surface area contributed by atoms with Crippen LogP contribution in [0.15, 0.2) is 10.9 Å². The summed E-state index contributed by atoms with van der Waals surface area (Å²) in [7, 11) is 0. The monoisotopic (exact) mass is 352 g/mol. The van der Waals surface area contributed by atoms with Crippen LogP contribution in [-0.4, -0.2) is 75.2 Å². The number of carbonyl (C=O) groups excluding carboxylic acids is 1. The maximum absolute atomic E-state index is 12.8. The number of hydrogen-bond donors (Lipinski definition) is 1. The average molecular weight is 353 g/mol. The SMILES string of the molecule is CCN1C(=O)N(CC(C)C)C[C@@]12CN(Cc1cscn1)CC[C@@H]2O. The number of piperidine rings is 1. The topological polar surface area (TPSA) is 59.9 Å². The molecule has 1 N–H and O–H groups in total. The van der Waals surface area contributed by atoms with Gasteiger partial charge >= 0.3 is 6.03 Å². The van der Waals surface area contributed by atoms with Gasteiger partial charge in [0.15, 0.2) is 0 Å². The molecule has 2 fully saturated rings. The van der Waals surface area contributed by atoms with Gasteiger partial charge < -0.3 is 14.9 Å². The smallest absolute Gasteiger partial charge is 0.320 e. The molecule has 0 aromatic carbocycles. The summed E-state index contributed by atoms with van der Waals surface area (Å²) in [5.74, 6) is 0.426. The third kappa shape index (κ3) is 3.17. The van der Waals surface area contributed by atoms with Gasteiger partial charge in [0.1, 0.15) is 5.54 Å². The van der Waals surface area contributed by atoms with Crippen LogP contribution in [0.2, 0.25) is 0 Å². The highest BCUT2D eigenvalue weighted by molar-refractivity contribution is 7.07. The minimum absolute atomic E-state index is 0.0701. The van der Waals surface area contributed by atoms with Crippen molar-refractivity contribution in [1.29, 1.82) is 0 Å². The molecule has 1 aromatic heterocycles. The Morgan fingerprint density at radius 1 is 1.46 bits per heavy atom. The summed E-state index contributed by atoms with van der Waals surface area (Å²) in [6.07, 6.45) is 0.230. The fourth-order valence-corrected chi connectivity index (χ4v) is 4.67. The summed E-state index contributed by atoms with van der Waals surface area (Å²) < 4.78 is 0. The van der Waals surface area contributed by atoms with E-state index in [2.05, 4.69) is 29.1 Å². The van der Waals surface area contributed by atoms with Gasteiger partial charge in [0.2, 0.25) is 0 Å². The zero-order valence-corrected chi connectivity index (χ0v) is 15.6. The number of aliphatic hydroxyl groups is 1. The van der Waals surface area contributed by atoms with Crippen LogP contribution in [-0.2, 0) is 6.54 Å². The Labute approximate surface area is 148 Å². The van der Waals surface area contributed by atoms with E-state index in [1.165, 1.54) is 0 Å². The Kier molecular flexibility index (Phi) is 5.13. The third-order valence-electron chi connectivity index (χ3n) is 5.11. The van der Waals surface area contributed by atoms with Crippen LogP contribution in [0.5, 0.6) is 0 Å². The number of thiazole rings is 1. The summed E-state index contributed by atoms with van der Waals surface area (Å²) in [5.41, 5.74) is 2.43. The van der Waals surface area contributed by atoms with E-state index < -0.39 is 11.6 Å². The number of aliphatic hydroxyl groups excluding tert-OH is 1. The van der Waals surface area contributed by atoms with Gasteiger partial charge in [-0.15, -0.1) is 11.3 Å². The fourth-order valence-electron chi connectivity index (χ4n) is 4.12. The maximum Gasteiger partial charge on any atom is 0.320 e. The van der Waals surface area contributed by atoms with Crippen LogP contribution < -0.4 is 0 Å². The largest absolute Gasteiger partial charge is 0.391 e. The Morgan fingerprint density at radius 2 is 2.25 bits per heavy atom. The zero-order chi connectivity index (χ0) is 17.3. The third-order valence-corrected chi connectivity index (χ3v) is 5.75. The summed E-state index contributed by atoms with van der Waals surface area (Å²) in [6, 6.07) is 0.0701. The van der Waals surface area contributed by atoms with Crippen molar-refractivity contribution in [3.63, 3.8) is 0 Å². The molecule has 0 saturated carbocycles. The maximum atomic E-state index is 12.8. The minimum Gasteiger partial charge on any atom is -0.391 e. The molecular weight excluding hydrogens is 324 g/mol. The van der Waals surface area contributed by atoms with Gasteiger partial charge in [-0.25, -0.2) is 9.78 Å². The first-order valence-electron chi connectivity index (χ1n) is 8.80. The molecule has 2 saturated heterocycles. The van der Waals surface area contributed by atoms with E-state index >= 15 is 0 Å². The molecule has 2 aliphatic rings. The first-order chi connectivity index (χ1) is 11.5. The zero-order valence-electron chi connectivity index (χ0n) is 14.8. The second-order valence-corrected chi connectivity index (χ2v) is 8.12. The normalized spacial score (nSPS) is 28.5. The van der Waals surface area contributed by atoms with E-state index in [-0.39, 0.29) is 6.03 Å². The number of carbonyl (C=O) groups is 1. The summed E-state index contributed by atoms with van der Waals surface area (Å²) >= 11 is 1.61. The molecule has 0 bridgehead atoms. The van der Waals surface area contributed by atoms with Crippen molar-refractivity contribution >= 4 is 17.4 Å². The van der Waals surface area contributed by atoms with Gasteiger partial charge in [-0.1, -0.05) is 13.8 Å². The van der Waals surface area contributed by atoms with Gasteiger partial charge in [0, 0.05) is 44.6 Å². The number of nitrogens with zero attached hydrogens (tertiary/aromatic N) is 4. The predicted molar refractivity (Wildman–Crippen MR) is 94.9 cm³/mol. The minimum atomic E-state index is -0.491. The van der Waals surface area contributed by atoms with Crippen LogP contribution in [0.1, 0.15) is 32.9 Å². The number of urea groups is 1. The van der Waals surface area contributed by atoms with Crippen molar-refractivity contribution in [2.75, 3.05) is 32.7 Å². The molecule has 2 aliphatic heterocycles. The first kappa shape index (κ1) is 17.6. The standard InChI is InChI=1S/C17H28N4O2S/c1-4-21-16(23)20(7-13(2)3)11-17(21)10-19(6-5-15(17)22)8-14-9-24-12-18-14/h9,12-13,15,22H,4-8,10-11H2,1-3H3/t15-,17+/m0/s1. The van der Waals surface area contributed by atoms with Gasteiger partial charge in [-0.05, 0) is 19.3 Å². The lowest BCUT2D eigenvalue weighted by molar-refractivity contribution is -0.0502. The molecule has 0 radical (unpaired) electrons. The van der Waals surface area contributed by atoms with Crippen molar-refractivity contribution in [2.24, 2.45) is 5.92 Å². The molecule has 1 aromatic rings. The number of amides is 2. The highest BCUT2D eigenvalue weighted by Gasteiger charge is 2.55. The Hall–Kier alpha value is -1.18. The quantitative estimate of drug-likeness (QED) is 0.879. The van der Waals surface area contributed by atoms with Crippen molar-refractivity contribution in [1.82, 2.24) is 19.7 Å². The molecule has 24 heavy (non-hydrogen) atoms. The van der Waals surface area contributed by atoms with E-state index in [1.54, 1.807) is 11.3 Å². The van der Waals surface area contributed by atoms with Gasteiger partial charge in [-0.3, -0.25) is 4.90 Å². The summed E-state index contributed by atoms with van der Waals surface area (Å²) in [4.78, 5) is 23.3. The molecule has 6 nitrogen and oxygen atoms in total. The molecule has 1 spiro atoms. The number of likely N-dealkylation sites (tertiary alicyclic amines) is 1. The van der Waals surface area contributed by atoms with Crippen LogP contribution in [0, 0.1) is 5.92 Å². The fraction of sp³-hybridized carbons (Fsp3) is 0.765. The molecule has 0 aliphatic carbocycles. The number of hydrogen-bond acceptors (Lipinski definition) is 5. The van der Waals surface area contributed by atoms with E-state index in [0.717, 1.165) is 25.3 Å². The Balaban J connectivity index is 1.80. The molecule has 0 unspecified atom stereocenters.